The van der Waals surface area contributed by atoms with Crippen molar-refractivity contribution in [1.82, 2.24) is 15.0 Å². The van der Waals surface area contributed by atoms with Crippen LogP contribution in [0.15, 0.2) is 24.3 Å². The lowest BCUT2D eigenvalue weighted by Gasteiger charge is -2.17. The Morgan fingerprint density at radius 1 is 1.17 bits per heavy atom. The van der Waals surface area contributed by atoms with Crippen LogP contribution in [0.3, 0.4) is 0 Å². The van der Waals surface area contributed by atoms with Crippen molar-refractivity contribution >= 4 is 17.5 Å². The molecule has 1 fully saturated rings. The first kappa shape index (κ1) is 15.3. The topological polar surface area (TPSA) is 86.3 Å². The largest absolute Gasteiger partial charge is 0.458 e. The zero-order valence-electron chi connectivity index (χ0n) is 13.4. The van der Waals surface area contributed by atoms with E-state index in [1.807, 2.05) is 24.3 Å². The third-order valence-electron chi connectivity index (χ3n) is 3.81. The van der Waals surface area contributed by atoms with Crippen molar-refractivity contribution in [2.75, 3.05) is 23.7 Å². The van der Waals surface area contributed by atoms with E-state index in [1.165, 1.54) is 23.2 Å². The molecule has 0 radical (unpaired) electrons. The summed E-state index contributed by atoms with van der Waals surface area (Å²) < 4.78 is 6.56. The third-order valence-corrected chi connectivity index (χ3v) is 3.81. The van der Waals surface area contributed by atoms with Crippen molar-refractivity contribution < 1.29 is 9.53 Å². The Bertz CT molecular complexity index is 687. The Morgan fingerprint density at radius 3 is 2.39 bits per heavy atom. The van der Waals surface area contributed by atoms with Crippen molar-refractivity contribution in [1.29, 1.82) is 0 Å². The van der Waals surface area contributed by atoms with E-state index >= 15 is 0 Å². The van der Waals surface area contributed by atoms with E-state index in [9.17, 15) is 4.79 Å². The summed E-state index contributed by atoms with van der Waals surface area (Å²) in [6.45, 7) is 5.73. The molecule has 1 aromatic heterocycles. The van der Waals surface area contributed by atoms with Crippen molar-refractivity contribution in [3.63, 3.8) is 0 Å². The average molecular weight is 315 g/mol. The van der Waals surface area contributed by atoms with Crippen molar-refractivity contribution in [3.8, 4) is 5.69 Å². The lowest BCUT2D eigenvalue weighted by Crippen LogP contribution is -2.17. The molecule has 0 amide bonds. The van der Waals surface area contributed by atoms with Crippen LogP contribution in [0.2, 0.25) is 0 Å². The maximum Gasteiger partial charge on any atom is 0.363 e. The van der Waals surface area contributed by atoms with Gasteiger partial charge in [0.25, 0.3) is 0 Å². The normalized spacial score (nSPS) is 14.5. The number of anilines is 2. The molecule has 3 rings (SSSR count). The fourth-order valence-electron chi connectivity index (χ4n) is 2.68. The molecular formula is C16H21N5O2. The van der Waals surface area contributed by atoms with Crippen LogP contribution in [0.25, 0.3) is 5.69 Å². The Labute approximate surface area is 135 Å². The summed E-state index contributed by atoms with van der Waals surface area (Å²) in [5.74, 6) is -0.373. The highest BCUT2D eigenvalue weighted by Crippen LogP contribution is 2.23. The summed E-state index contributed by atoms with van der Waals surface area (Å²) in [6, 6.07) is 7.92. The molecule has 2 heterocycles. The van der Waals surface area contributed by atoms with Gasteiger partial charge in [0, 0.05) is 18.8 Å². The number of hydrogen-bond donors (Lipinski definition) is 1. The van der Waals surface area contributed by atoms with Crippen LogP contribution >= 0.6 is 0 Å². The number of benzene rings is 1. The number of aromatic nitrogens is 3. The lowest BCUT2D eigenvalue weighted by atomic mass is 10.2. The van der Waals surface area contributed by atoms with Crippen LogP contribution in [-0.4, -0.2) is 40.2 Å². The molecule has 23 heavy (non-hydrogen) atoms. The van der Waals surface area contributed by atoms with Crippen LogP contribution in [-0.2, 0) is 4.74 Å². The van der Waals surface area contributed by atoms with Gasteiger partial charge in [-0.1, -0.05) is 5.21 Å². The Balaban J connectivity index is 1.82. The van der Waals surface area contributed by atoms with Gasteiger partial charge in [-0.2, -0.15) is 4.68 Å². The fraction of sp³-hybridized carbons (Fsp3) is 0.438. The highest BCUT2D eigenvalue weighted by molar-refractivity contribution is 5.92. The first-order chi connectivity index (χ1) is 11.1. The summed E-state index contributed by atoms with van der Waals surface area (Å²) in [4.78, 5) is 14.3. The monoisotopic (exact) mass is 315 g/mol. The number of carbonyl (C=O) groups excluding carboxylic acids is 1. The summed E-state index contributed by atoms with van der Waals surface area (Å²) >= 11 is 0. The SMILES string of the molecule is CC(C)OC(=O)c1nnn(-c2ccc(N3CCCC3)cc2)c1N. The number of ether oxygens (including phenoxy) is 1. The fourth-order valence-corrected chi connectivity index (χ4v) is 2.68. The molecule has 0 spiro atoms. The molecule has 2 N–H and O–H groups in total. The molecule has 1 saturated heterocycles. The number of carbonyl (C=O) groups is 1. The second kappa shape index (κ2) is 6.28. The van der Waals surface area contributed by atoms with Gasteiger partial charge in [-0.3, -0.25) is 0 Å². The van der Waals surface area contributed by atoms with Gasteiger partial charge < -0.3 is 15.4 Å². The summed E-state index contributed by atoms with van der Waals surface area (Å²) in [5, 5.41) is 7.82. The molecular weight excluding hydrogens is 294 g/mol. The van der Waals surface area contributed by atoms with Gasteiger partial charge in [-0.15, -0.1) is 5.10 Å². The minimum atomic E-state index is -0.558. The Hall–Kier alpha value is -2.57. The predicted octanol–water partition coefficient (Wildman–Crippen LogP) is 2.01. The maximum absolute atomic E-state index is 11.9. The van der Waals surface area contributed by atoms with Gasteiger partial charge in [0.2, 0.25) is 5.69 Å². The van der Waals surface area contributed by atoms with Crippen molar-refractivity contribution in [3.05, 3.63) is 30.0 Å². The number of nitrogen functional groups attached to an aromatic ring is 1. The first-order valence-corrected chi connectivity index (χ1v) is 7.84. The molecule has 0 atom stereocenters. The van der Waals surface area contributed by atoms with E-state index in [4.69, 9.17) is 10.5 Å². The average Bonchev–Trinajstić information content (AvgIpc) is 3.16. The zero-order chi connectivity index (χ0) is 16.4. The van der Waals surface area contributed by atoms with Crippen molar-refractivity contribution in [2.24, 2.45) is 0 Å². The van der Waals surface area contributed by atoms with Crippen LogP contribution < -0.4 is 10.6 Å². The van der Waals surface area contributed by atoms with Gasteiger partial charge in [0.1, 0.15) is 0 Å². The highest BCUT2D eigenvalue weighted by atomic mass is 16.5. The third kappa shape index (κ3) is 3.13. The van der Waals surface area contributed by atoms with Crippen LogP contribution in [0.1, 0.15) is 37.2 Å². The molecule has 1 aliphatic heterocycles. The zero-order valence-corrected chi connectivity index (χ0v) is 13.4. The van der Waals surface area contributed by atoms with Crippen LogP contribution in [0, 0.1) is 0 Å². The molecule has 0 unspecified atom stereocenters. The van der Waals surface area contributed by atoms with Gasteiger partial charge in [-0.25, -0.2) is 4.79 Å². The second-order valence-electron chi connectivity index (χ2n) is 5.90. The first-order valence-electron chi connectivity index (χ1n) is 7.84. The highest BCUT2D eigenvalue weighted by Gasteiger charge is 2.21. The van der Waals surface area contributed by atoms with E-state index in [-0.39, 0.29) is 17.6 Å². The number of nitrogens with two attached hydrogens (primary N) is 1. The molecule has 7 nitrogen and oxygen atoms in total. The quantitative estimate of drug-likeness (QED) is 0.869. The van der Waals surface area contributed by atoms with E-state index < -0.39 is 5.97 Å². The molecule has 1 aliphatic rings. The number of rotatable bonds is 4. The van der Waals surface area contributed by atoms with Crippen LogP contribution in [0.5, 0.6) is 0 Å². The molecule has 1 aromatic carbocycles. The van der Waals surface area contributed by atoms with Gasteiger partial charge in [0.05, 0.1) is 11.8 Å². The minimum absolute atomic E-state index is 0.0438. The smallest absolute Gasteiger partial charge is 0.363 e. The van der Waals surface area contributed by atoms with Gasteiger partial charge >= 0.3 is 5.97 Å². The second-order valence-corrected chi connectivity index (χ2v) is 5.90. The van der Waals surface area contributed by atoms with Gasteiger partial charge in [-0.05, 0) is 51.0 Å². The van der Waals surface area contributed by atoms with Gasteiger partial charge in [0.15, 0.2) is 5.82 Å². The molecule has 2 aromatic rings. The summed E-state index contributed by atoms with van der Waals surface area (Å²) in [7, 11) is 0. The van der Waals surface area contributed by atoms with E-state index in [0.717, 1.165) is 18.8 Å². The lowest BCUT2D eigenvalue weighted by molar-refractivity contribution is 0.0372. The number of nitrogens with zero attached hydrogens (tertiary/aromatic N) is 4. The number of hydrogen-bond acceptors (Lipinski definition) is 6. The Kier molecular flexibility index (Phi) is 4.18. The molecule has 122 valence electrons. The van der Waals surface area contributed by atoms with Crippen LogP contribution in [0.4, 0.5) is 11.5 Å². The predicted molar refractivity (Wildman–Crippen MR) is 87.8 cm³/mol. The number of esters is 1. The molecule has 0 bridgehead atoms. The molecule has 0 saturated carbocycles. The minimum Gasteiger partial charge on any atom is -0.458 e. The summed E-state index contributed by atoms with van der Waals surface area (Å²) in [5.41, 5.74) is 7.99. The standard InChI is InChI=1S/C16H21N5O2/c1-11(2)23-16(22)14-15(17)21(19-18-14)13-7-5-12(6-8-13)20-9-3-4-10-20/h5-8,11H,3-4,9-10,17H2,1-2H3. The van der Waals surface area contributed by atoms with E-state index in [2.05, 4.69) is 15.2 Å². The van der Waals surface area contributed by atoms with E-state index in [0.29, 0.717) is 0 Å². The van der Waals surface area contributed by atoms with E-state index in [1.54, 1.807) is 13.8 Å². The van der Waals surface area contributed by atoms with Crippen molar-refractivity contribution in [2.45, 2.75) is 32.8 Å². The maximum atomic E-state index is 11.9. The Morgan fingerprint density at radius 2 is 1.78 bits per heavy atom. The molecule has 7 heteroatoms. The molecule has 0 aliphatic carbocycles. The summed E-state index contributed by atoms with van der Waals surface area (Å²) in [6.07, 6.45) is 2.24.